The van der Waals surface area contributed by atoms with Gasteiger partial charge in [-0.3, -0.25) is 0 Å². The second kappa shape index (κ2) is 5.34. The summed E-state index contributed by atoms with van der Waals surface area (Å²) < 4.78 is 0. The molecule has 0 amide bonds. The Morgan fingerprint density at radius 2 is 1.94 bits per heavy atom. The molecule has 0 saturated carbocycles. The molecule has 0 atom stereocenters. The van der Waals surface area contributed by atoms with Gasteiger partial charge in [-0.15, -0.1) is 0 Å². The molecule has 0 fully saturated rings. The molecule has 0 spiro atoms. The average Bonchev–Trinajstić information content (AvgIpc) is 2.79. The van der Waals surface area contributed by atoms with E-state index in [2.05, 4.69) is 55.6 Å². The van der Waals surface area contributed by atoms with Crippen molar-refractivity contribution < 1.29 is 0 Å². The Labute approximate surface area is 111 Å². The molecule has 0 radical (unpaired) electrons. The van der Waals surface area contributed by atoms with Crippen molar-refractivity contribution in [3.8, 4) is 0 Å². The standard InChI is InChI=1S/C15H23NS/c1-3-15(4-2,12-17)11-16-10-9-13-7-5-6-8-14(13)16/h5-8,17H,3-4,9-12H2,1-2H3. The maximum Gasteiger partial charge on any atom is 0.0399 e. The molecule has 94 valence electrons. The Kier molecular flexibility index (Phi) is 4.03. The predicted octanol–water partition coefficient (Wildman–Crippen LogP) is 3.79. The molecular formula is C15H23NS. The molecule has 1 heterocycles. The summed E-state index contributed by atoms with van der Waals surface area (Å²) in [5, 5.41) is 0. The van der Waals surface area contributed by atoms with Crippen LogP contribution in [0.2, 0.25) is 0 Å². The van der Waals surface area contributed by atoms with Crippen LogP contribution in [0.15, 0.2) is 24.3 Å². The number of rotatable bonds is 5. The van der Waals surface area contributed by atoms with E-state index in [9.17, 15) is 0 Å². The first-order valence-electron chi connectivity index (χ1n) is 6.68. The van der Waals surface area contributed by atoms with Crippen molar-refractivity contribution in [1.82, 2.24) is 0 Å². The van der Waals surface area contributed by atoms with Crippen molar-refractivity contribution in [1.29, 1.82) is 0 Å². The normalized spacial score (nSPS) is 15.1. The van der Waals surface area contributed by atoms with E-state index in [0.717, 1.165) is 12.3 Å². The fraction of sp³-hybridized carbons (Fsp3) is 0.600. The van der Waals surface area contributed by atoms with E-state index in [0.29, 0.717) is 5.41 Å². The van der Waals surface area contributed by atoms with Crippen molar-refractivity contribution in [3.63, 3.8) is 0 Å². The highest BCUT2D eigenvalue weighted by atomic mass is 32.1. The fourth-order valence-electron chi connectivity index (χ4n) is 2.72. The number of nitrogens with zero attached hydrogens (tertiary/aromatic N) is 1. The number of para-hydroxylation sites is 1. The van der Waals surface area contributed by atoms with E-state index in [1.165, 1.54) is 37.1 Å². The summed E-state index contributed by atoms with van der Waals surface area (Å²) in [4.78, 5) is 2.55. The molecule has 1 aromatic rings. The summed E-state index contributed by atoms with van der Waals surface area (Å²) in [7, 11) is 0. The largest absolute Gasteiger partial charge is 0.370 e. The summed E-state index contributed by atoms with van der Waals surface area (Å²) in [5.41, 5.74) is 3.33. The summed E-state index contributed by atoms with van der Waals surface area (Å²) >= 11 is 4.58. The Bertz CT molecular complexity index is 363. The van der Waals surface area contributed by atoms with Gasteiger partial charge >= 0.3 is 0 Å². The van der Waals surface area contributed by atoms with Crippen molar-refractivity contribution >= 4 is 18.3 Å². The van der Waals surface area contributed by atoms with Gasteiger partial charge in [0, 0.05) is 18.8 Å². The SMILES string of the molecule is CCC(CC)(CS)CN1CCc2ccccc21. The maximum atomic E-state index is 4.58. The summed E-state index contributed by atoms with van der Waals surface area (Å²) in [6.45, 7) is 6.92. The van der Waals surface area contributed by atoms with Gasteiger partial charge in [0.15, 0.2) is 0 Å². The minimum Gasteiger partial charge on any atom is -0.370 e. The summed E-state index contributed by atoms with van der Waals surface area (Å²) in [6, 6.07) is 8.82. The zero-order chi connectivity index (χ0) is 12.3. The van der Waals surface area contributed by atoms with Crippen LogP contribution >= 0.6 is 12.6 Å². The molecule has 0 aliphatic carbocycles. The van der Waals surface area contributed by atoms with E-state index in [4.69, 9.17) is 0 Å². The van der Waals surface area contributed by atoms with Crippen molar-refractivity contribution in [2.45, 2.75) is 33.1 Å². The fourth-order valence-corrected chi connectivity index (χ4v) is 3.27. The highest BCUT2D eigenvalue weighted by molar-refractivity contribution is 7.80. The van der Waals surface area contributed by atoms with Crippen LogP contribution in [0.5, 0.6) is 0 Å². The first kappa shape index (κ1) is 12.8. The van der Waals surface area contributed by atoms with Crippen LogP contribution in [0.1, 0.15) is 32.3 Å². The van der Waals surface area contributed by atoms with E-state index in [1.807, 2.05) is 0 Å². The minimum absolute atomic E-state index is 0.376. The smallest absolute Gasteiger partial charge is 0.0399 e. The third-order valence-electron chi connectivity index (χ3n) is 4.35. The van der Waals surface area contributed by atoms with Gasteiger partial charge in [-0.05, 0) is 42.1 Å². The van der Waals surface area contributed by atoms with Gasteiger partial charge in [0.05, 0.1) is 0 Å². The van der Waals surface area contributed by atoms with E-state index >= 15 is 0 Å². The highest BCUT2D eigenvalue weighted by Crippen LogP contribution is 2.34. The van der Waals surface area contributed by atoms with Gasteiger partial charge < -0.3 is 4.90 Å². The first-order chi connectivity index (χ1) is 8.24. The van der Waals surface area contributed by atoms with E-state index < -0.39 is 0 Å². The molecule has 17 heavy (non-hydrogen) atoms. The summed E-state index contributed by atoms with van der Waals surface area (Å²) in [6.07, 6.45) is 3.63. The van der Waals surface area contributed by atoms with Crippen LogP contribution in [-0.4, -0.2) is 18.8 Å². The number of anilines is 1. The van der Waals surface area contributed by atoms with Gasteiger partial charge in [-0.25, -0.2) is 0 Å². The molecule has 2 heteroatoms. The third-order valence-corrected chi connectivity index (χ3v) is 5.02. The third kappa shape index (κ3) is 2.47. The van der Waals surface area contributed by atoms with Crippen LogP contribution in [0, 0.1) is 5.41 Å². The van der Waals surface area contributed by atoms with Gasteiger partial charge in [0.2, 0.25) is 0 Å². The highest BCUT2D eigenvalue weighted by Gasteiger charge is 2.30. The van der Waals surface area contributed by atoms with Crippen LogP contribution in [0.4, 0.5) is 5.69 Å². The molecule has 1 aliphatic rings. The molecule has 0 bridgehead atoms. The molecule has 1 aromatic carbocycles. The number of benzene rings is 1. The number of thiol groups is 1. The molecule has 0 unspecified atom stereocenters. The molecule has 0 saturated heterocycles. The zero-order valence-corrected chi connectivity index (χ0v) is 11.8. The summed E-state index contributed by atoms with van der Waals surface area (Å²) in [5.74, 6) is 0.985. The molecular weight excluding hydrogens is 226 g/mol. The number of fused-ring (bicyclic) bond motifs is 1. The quantitative estimate of drug-likeness (QED) is 0.777. The lowest BCUT2D eigenvalue weighted by atomic mass is 9.84. The lowest BCUT2D eigenvalue weighted by Gasteiger charge is -2.35. The van der Waals surface area contributed by atoms with Crippen molar-refractivity contribution in [3.05, 3.63) is 29.8 Å². The second-order valence-electron chi connectivity index (χ2n) is 5.17. The second-order valence-corrected chi connectivity index (χ2v) is 5.48. The number of hydrogen-bond donors (Lipinski definition) is 1. The van der Waals surface area contributed by atoms with Crippen LogP contribution in [0.25, 0.3) is 0 Å². The molecule has 1 nitrogen and oxygen atoms in total. The van der Waals surface area contributed by atoms with Gasteiger partial charge in [-0.1, -0.05) is 32.0 Å². The Morgan fingerprint density at radius 1 is 1.24 bits per heavy atom. The Balaban J connectivity index is 2.16. The average molecular weight is 249 g/mol. The van der Waals surface area contributed by atoms with Crippen molar-refractivity contribution in [2.75, 3.05) is 23.7 Å². The molecule has 0 aromatic heterocycles. The topological polar surface area (TPSA) is 3.24 Å². The monoisotopic (exact) mass is 249 g/mol. The van der Waals surface area contributed by atoms with Gasteiger partial charge in [0.1, 0.15) is 0 Å². The zero-order valence-electron chi connectivity index (χ0n) is 10.9. The van der Waals surface area contributed by atoms with Crippen LogP contribution < -0.4 is 4.90 Å². The number of hydrogen-bond acceptors (Lipinski definition) is 2. The van der Waals surface area contributed by atoms with Crippen LogP contribution in [0.3, 0.4) is 0 Å². The van der Waals surface area contributed by atoms with E-state index in [-0.39, 0.29) is 0 Å². The van der Waals surface area contributed by atoms with Crippen molar-refractivity contribution in [2.24, 2.45) is 5.41 Å². The molecule has 1 aliphatic heterocycles. The minimum atomic E-state index is 0.376. The Hall–Kier alpha value is -0.630. The van der Waals surface area contributed by atoms with Crippen LogP contribution in [-0.2, 0) is 6.42 Å². The maximum absolute atomic E-state index is 4.58. The molecule has 0 N–H and O–H groups in total. The van der Waals surface area contributed by atoms with Gasteiger partial charge in [-0.2, -0.15) is 12.6 Å². The van der Waals surface area contributed by atoms with E-state index in [1.54, 1.807) is 0 Å². The first-order valence-corrected chi connectivity index (χ1v) is 7.31. The lowest BCUT2D eigenvalue weighted by molar-refractivity contribution is 0.312. The molecule has 2 rings (SSSR count). The predicted molar refractivity (Wildman–Crippen MR) is 79.2 cm³/mol. The van der Waals surface area contributed by atoms with Gasteiger partial charge in [0.25, 0.3) is 0 Å². The Morgan fingerprint density at radius 3 is 2.59 bits per heavy atom. The lowest BCUT2D eigenvalue weighted by Crippen LogP contribution is -2.37.